The van der Waals surface area contributed by atoms with Gasteiger partial charge in [0.2, 0.25) is 0 Å². The third-order valence-corrected chi connectivity index (χ3v) is 4.96. The van der Waals surface area contributed by atoms with Crippen molar-refractivity contribution in [3.63, 3.8) is 0 Å². The lowest BCUT2D eigenvalue weighted by Crippen LogP contribution is -2.08. The Kier molecular flexibility index (Phi) is 5.41. The number of nitrogens with zero attached hydrogens (tertiary/aromatic N) is 2. The van der Waals surface area contributed by atoms with Crippen LogP contribution in [0.3, 0.4) is 0 Å². The van der Waals surface area contributed by atoms with E-state index in [4.69, 9.17) is 16.3 Å². The van der Waals surface area contributed by atoms with Crippen LogP contribution in [-0.4, -0.2) is 15.9 Å². The number of halogens is 1. The van der Waals surface area contributed by atoms with Gasteiger partial charge in [0.25, 0.3) is 5.69 Å². The van der Waals surface area contributed by atoms with Crippen molar-refractivity contribution in [1.82, 2.24) is 4.98 Å². The normalized spacial score (nSPS) is 10.7. The van der Waals surface area contributed by atoms with E-state index in [1.807, 2.05) is 24.3 Å². The number of aromatic nitrogens is 1. The van der Waals surface area contributed by atoms with Crippen molar-refractivity contribution in [2.75, 3.05) is 0 Å². The number of nitro benzene ring substituents is 1. The van der Waals surface area contributed by atoms with Crippen LogP contribution < -0.4 is 0 Å². The minimum Gasteiger partial charge on any atom is -0.457 e. The molecule has 0 saturated carbocycles. The fourth-order valence-corrected chi connectivity index (χ4v) is 3.42. The highest BCUT2D eigenvalue weighted by Crippen LogP contribution is 2.30. The Labute approximate surface area is 176 Å². The van der Waals surface area contributed by atoms with Gasteiger partial charge in [-0.1, -0.05) is 60.1 Å². The summed E-state index contributed by atoms with van der Waals surface area (Å²) in [5, 5.41) is 12.3. The summed E-state index contributed by atoms with van der Waals surface area (Å²) in [5.41, 5.74) is 2.39. The SMILES string of the molecule is O=C(OCc1ccccc1[N+](=O)[O-])c1cc(-c2ccccc2Cl)nc2ccccc12. The minimum atomic E-state index is -0.597. The summed E-state index contributed by atoms with van der Waals surface area (Å²) >= 11 is 6.31. The lowest BCUT2D eigenvalue weighted by atomic mass is 10.0. The number of pyridine rings is 1. The molecule has 0 amide bonds. The number of nitro groups is 1. The molecule has 6 nitrogen and oxygen atoms in total. The second-order valence-corrected chi connectivity index (χ2v) is 6.92. The topological polar surface area (TPSA) is 82.3 Å². The highest BCUT2D eigenvalue weighted by Gasteiger charge is 2.18. The predicted octanol–water partition coefficient (Wildman–Crippen LogP) is 5.82. The van der Waals surface area contributed by atoms with Crippen molar-refractivity contribution in [3.05, 3.63) is 105 Å². The summed E-state index contributed by atoms with van der Waals surface area (Å²) in [6.45, 7) is -0.214. The van der Waals surface area contributed by atoms with Gasteiger partial charge in [0.15, 0.2) is 0 Å². The van der Waals surface area contributed by atoms with Crippen LogP contribution in [0.1, 0.15) is 15.9 Å². The summed E-state index contributed by atoms with van der Waals surface area (Å²) in [4.78, 5) is 28.2. The molecule has 0 aliphatic rings. The smallest absolute Gasteiger partial charge is 0.339 e. The number of benzene rings is 3. The number of esters is 1. The third kappa shape index (κ3) is 3.86. The average molecular weight is 419 g/mol. The van der Waals surface area contributed by atoms with Crippen molar-refractivity contribution in [3.8, 4) is 11.3 Å². The Morgan fingerprint density at radius 1 is 1.00 bits per heavy atom. The first-order chi connectivity index (χ1) is 14.5. The minimum absolute atomic E-state index is 0.0957. The molecular weight excluding hydrogens is 404 g/mol. The molecule has 1 heterocycles. The van der Waals surface area contributed by atoms with E-state index in [1.165, 1.54) is 6.07 Å². The third-order valence-electron chi connectivity index (χ3n) is 4.63. The van der Waals surface area contributed by atoms with E-state index in [-0.39, 0.29) is 12.3 Å². The van der Waals surface area contributed by atoms with Crippen LogP contribution in [0.4, 0.5) is 5.69 Å². The van der Waals surface area contributed by atoms with Gasteiger partial charge in [0.05, 0.1) is 27.3 Å². The Morgan fingerprint density at radius 2 is 1.70 bits per heavy atom. The molecule has 0 spiro atoms. The van der Waals surface area contributed by atoms with E-state index in [0.29, 0.717) is 38.3 Å². The van der Waals surface area contributed by atoms with Gasteiger partial charge in [-0.05, 0) is 24.3 Å². The quantitative estimate of drug-likeness (QED) is 0.231. The molecular formula is C23H15ClN2O4. The Balaban J connectivity index is 1.72. The van der Waals surface area contributed by atoms with Crippen LogP contribution in [-0.2, 0) is 11.3 Å². The van der Waals surface area contributed by atoms with Gasteiger partial charge in [0.1, 0.15) is 6.61 Å². The number of rotatable bonds is 5. The van der Waals surface area contributed by atoms with Gasteiger partial charge < -0.3 is 4.74 Å². The molecule has 7 heteroatoms. The predicted molar refractivity (Wildman–Crippen MR) is 114 cm³/mol. The maximum atomic E-state index is 12.9. The number of carbonyl (C=O) groups excluding carboxylic acids is 1. The van der Waals surface area contributed by atoms with Gasteiger partial charge in [0, 0.05) is 22.0 Å². The largest absolute Gasteiger partial charge is 0.457 e. The zero-order valence-electron chi connectivity index (χ0n) is 15.6. The van der Waals surface area contributed by atoms with Crippen molar-refractivity contribution >= 4 is 34.2 Å². The van der Waals surface area contributed by atoms with Crippen LogP contribution in [0.5, 0.6) is 0 Å². The monoisotopic (exact) mass is 418 g/mol. The van der Waals surface area contributed by atoms with E-state index in [2.05, 4.69) is 4.98 Å². The van der Waals surface area contributed by atoms with Crippen LogP contribution in [0, 0.1) is 10.1 Å². The van der Waals surface area contributed by atoms with E-state index < -0.39 is 10.9 Å². The van der Waals surface area contributed by atoms with Gasteiger partial charge in [-0.2, -0.15) is 0 Å². The van der Waals surface area contributed by atoms with Crippen molar-refractivity contribution in [1.29, 1.82) is 0 Å². The molecule has 0 atom stereocenters. The number of hydrogen-bond donors (Lipinski definition) is 0. The number of para-hydroxylation sites is 2. The molecule has 3 aromatic carbocycles. The standard InChI is InChI=1S/C23H15ClN2O4/c24-19-10-4-2-9-17(19)21-13-18(16-8-3-5-11-20(16)25-21)23(27)30-14-15-7-1-6-12-22(15)26(28)29/h1-13H,14H2. The first-order valence-electron chi connectivity index (χ1n) is 9.08. The van der Waals surface area contributed by atoms with E-state index >= 15 is 0 Å². The van der Waals surface area contributed by atoms with Gasteiger partial charge >= 0.3 is 5.97 Å². The first-order valence-corrected chi connectivity index (χ1v) is 9.46. The van der Waals surface area contributed by atoms with Crippen molar-refractivity contribution in [2.45, 2.75) is 6.61 Å². The maximum absolute atomic E-state index is 12.9. The molecule has 1 aromatic heterocycles. The summed E-state index contributed by atoms with van der Waals surface area (Å²) in [6.07, 6.45) is 0. The molecule has 30 heavy (non-hydrogen) atoms. The summed E-state index contributed by atoms with van der Waals surface area (Å²) < 4.78 is 5.43. The number of hydrogen-bond acceptors (Lipinski definition) is 5. The number of fused-ring (bicyclic) bond motifs is 1. The molecule has 0 aliphatic heterocycles. The van der Waals surface area contributed by atoms with Crippen molar-refractivity contribution < 1.29 is 14.5 Å². The lowest BCUT2D eigenvalue weighted by molar-refractivity contribution is -0.385. The summed E-state index contributed by atoms with van der Waals surface area (Å²) in [7, 11) is 0. The molecule has 4 rings (SSSR count). The zero-order valence-corrected chi connectivity index (χ0v) is 16.4. The van der Waals surface area contributed by atoms with E-state index in [0.717, 1.165) is 0 Å². The van der Waals surface area contributed by atoms with Crippen molar-refractivity contribution in [2.24, 2.45) is 0 Å². The van der Waals surface area contributed by atoms with E-state index in [1.54, 1.807) is 48.5 Å². The van der Waals surface area contributed by atoms with Crippen LogP contribution in [0.15, 0.2) is 78.9 Å². The van der Waals surface area contributed by atoms with Crippen LogP contribution >= 0.6 is 11.6 Å². The molecule has 0 radical (unpaired) electrons. The number of ether oxygens (including phenoxy) is 1. The Hall–Kier alpha value is -3.77. The number of carbonyl (C=O) groups is 1. The molecule has 4 aromatic rings. The van der Waals surface area contributed by atoms with Crippen LogP contribution in [0.25, 0.3) is 22.2 Å². The zero-order chi connectivity index (χ0) is 21.1. The fourth-order valence-electron chi connectivity index (χ4n) is 3.18. The Morgan fingerprint density at radius 3 is 2.50 bits per heavy atom. The lowest BCUT2D eigenvalue weighted by Gasteiger charge is -2.11. The molecule has 0 fully saturated rings. The Bertz CT molecular complexity index is 1270. The maximum Gasteiger partial charge on any atom is 0.339 e. The molecule has 0 N–H and O–H groups in total. The molecule has 0 aliphatic carbocycles. The highest BCUT2D eigenvalue weighted by molar-refractivity contribution is 6.33. The summed E-state index contributed by atoms with van der Waals surface area (Å²) in [6, 6.07) is 22.2. The average Bonchev–Trinajstić information content (AvgIpc) is 2.77. The van der Waals surface area contributed by atoms with Gasteiger partial charge in [-0.15, -0.1) is 0 Å². The molecule has 0 bridgehead atoms. The highest BCUT2D eigenvalue weighted by atomic mass is 35.5. The van der Waals surface area contributed by atoms with Gasteiger partial charge in [-0.25, -0.2) is 9.78 Å². The molecule has 0 unspecified atom stereocenters. The first kappa shape index (κ1) is 19.5. The fraction of sp³-hybridized carbons (Fsp3) is 0.0435. The van der Waals surface area contributed by atoms with E-state index in [9.17, 15) is 14.9 Å². The second kappa shape index (κ2) is 8.31. The molecule has 148 valence electrons. The van der Waals surface area contributed by atoms with Gasteiger partial charge in [-0.3, -0.25) is 10.1 Å². The summed E-state index contributed by atoms with van der Waals surface area (Å²) in [5.74, 6) is -0.597. The molecule has 0 saturated heterocycles. The van der Waals surface area contributed by atoms with Crippen LogP contribution in [0.2, 0.25) is 5.02 Å². The second-order valence-electron chi connectivity index (χ2n) is 6.51.